The topological polar surface area (TPSA) is 120 Å². The molecule has 0 aliphatic carbocycles. The summed E-state index contributed by atoms with van der Waals surface area (Å²) in [6, 6.07) is 2.80. The molecule has 3 aromatic rings. The molecule has 0 aliphatic rings. The van der Waals surface area contributed by atoms with Crippen LogP contribution >= 0.6 is 0 Å². The molecule has 0 atom stereocenters. The average Bonchev–Trinajstić information content (AvgIpc) is 2.83. The summed E-state index contributed by atoms with van der Waals surface area (Å²) in [7, 11) is 1.32. The number of ether oxygens (including phenoxy) is 1. The Balaban J connectivity index is 2.51. The van der Waals surface area contributed by atoms with Gasteiger partial charge in [-0.15, -0.1) is 0 Å². The zero-order chi connectivity index (χ0) is 28.3. The molecular weight excluding hydrogens is 484 g/mol. The summed E-state index contributed by atoms with van der Waals surface area (Å²) >= 11 is 0. The number of rotatable bonds is 8. The van der Waals surface area contributed by atoms with Crippen LogP contribution in [-0.4, -0.2) is 27.5 Å². The summed E-state index contributed by atoms with van der Waals surface area (Å²) in [5.41, 5.74) is 3.91. The fourth-order valence-electron chi connectivity index (χ4n) is 4.17. The van der Waals surface area contributed by atoms with Crippen molar-refractivity contribution in [2.45, 2.75) is 60.8 Å². The standard InChI is InChI=1S/C31H36O7/c1-16(2)8-11-19-14-22(20(12-9-17(3)4)27(35)26(19)34)30-31(37-7)28(36)25-24(33)15-23(32)21(29(25)38-30)13-10-18(5)6/h8-10,14-15,32-35H,11-13H2,1-7H3. The molecule has 0 fully saturated rings. The minimum absolute atomic E-state index is 0.0207. The van der Waals surface area contributed by atoms with E-state index in [4.69, 9.17) is 9.15 Å². The van der Waals surface area contributed by atoms with Gasteiger partial charge < -0.3 is 29.6 Å². The predicted octanol–water partition coefficient (Wildman–Crippen LogP) is 6.82. The smallest absolute Gasteiger partial charge is 0.239 e. The molecule has 0 saturated carbocycles. The Morgan fingerprint density at radius 2 is 1.34 bits per heavy atom. The third kappa shape index (κ3) is 5.72. The first kappa shape index (κ1) is 28.4. The number of phenols is 4. The lowest BCUT2D eigenvalue weighted by Gasteiger charge is -2.18. The van der Waals surface area contributed by atoms with Crippen LogP contribution in [0.5, 0.6) is 28.7 Å². The van der Waals surface area contributed by atoms with Crippen LogP contribution in [0, 0.1) is 0 Å². The lowest BCUT2D eigenvalue weighted by atomic mass is 9.93. The van der Waals surface area contributed by atoms with Crippen molar-refractivity contribution in [3.05, 3.63) is 74.0 Å². The van der Waals surface area contributed by atoms with Crippen molar-refractivity contribution in [2.24, 2.45) is 0 Å². The maximum atomic E-state index is 13.6. The number of allylic oxidation sites excluding steroid dienone is 6. The summed E-state index contributed by atoms with van der Waals surface area (Å²) in [6.07, 6.45) is 6.52. The van der Waals surface area contributed by atoms with Gasteiger partial charge in [0, 0.05) is 28.3 Å². The van der Waals surface area contributed by atoms with Crippen LogP contribution in [0.4, 0.5) is 0 Å². The van der Waals surface area contributed by atoms with E-state index in [-0.39, 0.29) is 52.6 Å². The van der Waals surface area contributed by atoms with Gasteiger partial charge in [0.15, 0.2) is 17.3 Å². The van der Waals surface area contributed by atoms with Gasteiger partial charge in [-0.3, -0.25) is 4.79 Å². The summed E-state index contributed by atoms with van der Waals surface area (Å²) in [4.78, 5) is 13.6. The van der Waals surface area contributed by atoms with Crippen LogP contribution < -0.4 is 10.2 Å². The fraction of sp³-hybridized carbons (Fsp3) is 0.323. The van der Waals surface area contributed by atoms with Crippen molar-refractivity contribution >= 4 is 11.0 Å². The van der Waals surface area contributed by atoms with E-state index in [0.717, 1.165) is 22.8 Å². The van der Waals surface area contributed by atoms with Crippen molar-refractivity contribution in [2.75, 3.05) is 7.11 Å². The van der Waals surface area contributed by atoms with E-state index < -0.39 is 11.2 Å². The van der Waals surface area contributed by atoms with Crippen molar-refractivity contribution in [3.8, 4) is 40.1 Å². The molecular formula is C31H36O7. The van der Waals surface area contributed by atoms with E-state index in [2.05, 4.69) is 0 Å². The quantitative estimate of drug-likeness (QED) is 0.190. The van der Waals surface area contributed by atoms with Crippen molar-refractivity contribution < 1.29 is 29.6 Å². The summed E-state index contributed by atoms with van der Waals surface area (Å²) in [5, 5.41) is 43.0. The predicted molar refractivity (Wildman–Crippen MR) is 151 cm³/mol. The van der Waals surface area contributed by atoms with Gasteiger partial charge in [0.1, 0.15) is 22.5 Å². The lowest BCUT2D eigenvalue weighted by molar-refractivity contribution is 0.392. The van der Waals surface area contributed by atoms with Crippen LogP contribution in [0.25, 0.3) is 22.3 Å². The van der Waals surface area contributed by atoms with Crippen molar-refractivity contribution in [1.29, 1.82) is 0 Å². The number of hydrogen-bond acceptors (Lipinski definition) is 7. The van der Waals surface area contributed by atoms with Crippen LogP contribution in [0.2, 0.25) is 0 Å². The lowest BCUT2D eigenvalue weighted by Crippen LogP contribution is -2.10. The largest absolute Gasteiger partial charge is 0.507 e. The molecule has 0 saturated heterocycles. The minimum atomic E-state index is -0.619. The molecule has 202 valence electrons. The van der Waals surface area contributed by atoms with E-state index in [9.17, 15) is 25.2 Å². The number of phenolic OH excluding ortho intramolecular Hbond substituents is 4. The maximum Gasteiger partial charge on any atom is 0.239 e. The molecule has 0 bridgehead atoms. The maximum absolute atomic E-state index is 13.6. The van der Waals surface area contributed by atoms with E-state index in [0.29, 0.717) is 28.7 Å². The number of hydrogen-bond donors (Lipinski definition) is 4. The molecule has 7 nitrogen and oxygen atoms in total. The first-order valence-electron chi connectivity index (χ1n) is 12.4. The molecule has 0 amide bonds. The van der Waals surface area contributed by atoms with Gasteiger partial charge in [0.05, 0.1) is 7.11 Å². The van der Waals surface area contributed by atoms with Gasteiger partial charge in [-0.25, -0.2) is 0 Å². The van der Waals surface area contributed by atoms with Crippen LogP contribution in [0.1, 0.15) is 58.2 Å². The second-order valence-electron chi connectivity index (χ2n) is 10.1. The summed E-state index contributed by atoms with van der Waals surface area (Å²) in [5.74, 6) is -1.34. The van der Waals surface area contributed by atoms with Gasteiger partial charge in [0.2, 0.25) is 11.2 Å². The van der Waals surface area contributed by atoms with E-state index in [1.54, 1.807) is 6.07 Å². The zero-order valence-electron chi connectivity index (χ0n) is 23.0. The average molecular weight is 521 g/mol. The first-order chi connectivity index (χ1) is 17.9. The Morgan fingerprint density at radius 1 is 0.789 bits per heavy atom. The second-order valence-corrected chi connectivity index (χ2v) is 10.1. The van der Waals surface area contributed by atoms with Gasteiger partial charge in [-0.1, -0.05) is 34.9 Å². The number of benzene rings is 2. The highest BCUT2D eigenvalue weighted by Gasteiger charge is 2.27. The monoisotopic (exact) mass is 520 g/mol. The minimum Gasteiger partial charge on any atom is -0.507 e. The normalized spacial score (nSPS) is 10.8. The Bertz CT molecular complexity index is 1520. The number of fused-ring (bicyclic) bond motifs is 1. The Labute approximate surface area is 222 Å². The molecule has 1 heterocycles. The Kier molecular flexibility index (Phi) is 8.61. The molecule has 4 N–H and O–H groups in total. The molecule has 3 rings (SSSR count). The Morgan fingerprint density at radius 3 is 1.89 bits per heavy atom. The summed E-state index contributed by atoms with van der Waals surface area (Å²) in [6.45, 7) is 11.5. The van der Waals surface area contributed by atoms with E-state index >= 15 is 0 Å². The molecule has 1 aromatic heterocycles. The van der Waals surface area contributed by atoms with Gasteiger partial charge in [-0.05, 0) is 66.9 Å². The van der Waals surface area contributed by atoms with Gasteiger partial charge in [-0.2, -0.15) is 0 Å². The molecule has 0 spiro atoms. The molecule has 0 aliphatic heterocycles. The third-order valence-electron chi connectivity index (χ3n) is 6.25. The van der Waals surface area contributed by atoms with Crippen LogP contribution in [0.3, 0.4) is 0 Å². The summed E-state index contributed by atoms with van der Waals surface area (Å²) < 4.78 is 11.8. The van der Waals surface area contributed by atoms with Crippen LogP contribution in [0.15, 0.2) is 56.3 Å². The molecule has 38 heavy (non-hydrogen) atoms. The van der Waals surface area contributed by atoms with E-state index in [1.165, 1.54) is 7.11 Å². The first-order valence-corrected chi connectivity index (χ1v) is 12.4. The molecule has 0 radical (unpaired) electrons. The highest BCUT2D eigenvalue weighted by molar-refractivity contribution is 5.91. The highest BCUT2D eigenvalue weighted by Crippen LogP contribution is 2.45. The van der Waals surface area contributed by atoms with Crippen LogP contribution in [-0.2, 0) is 19.3 Å². The SMILES string of the molecule is COc1c(-c2cc(CC=C(C)C)c(O)c(O)c2CC=C(C)C)oc2c(CC=C(C)C)c(O)cc(O)c2c1=O. The second kappa shape index (κ2) is 11.5. The van der Waals surface area contributed by atoms with Crippen molar-refractivity contribution in [1.82, 2.24) is 0 Å². The molecule has 0 unspecified atom stereocenters. The fourth-order valence-corrected chi connectivity index (χ4v) is 4.17. The highest BCUT2D eigenvalue weighted by atomic mass is 16.5. The van der Waals surface area contributed by atoms with E-state index in [1.807, 2.05) is 59.8 Å². The molecule has 7 heteroatoms. The van der Waals surface area contributed by atoms with Crippen molar-refractivity contribution in [3.63, 3.8) is 0 Å². The molecule has 2 aromatic carbocycles. The number of aromatic hydroxyl groups is 4. The Hall–Kier alpha value is -4.13. The number of methoxy groups -OCH3 is 1. The zero-order valence-corrected chi connectivity index (χ0v) is 23.0. The van der Waals surface area contributed by atoms with Gasteiger partial charge >= 0.3 is 0 Å². The van der Waals surface area contributed by atoms with Gasteiger partial charge in [0.25, 0.3) is 0 Å². The third-order valence-corrected chi connectivity index (χ3v) is 6.25.